The monoisotopic (exact) mass is 488 g/mol. The first-order valence-electron chi connectivity index (χ1n) is 12.1. The van der Waals surface area contributed by atoms with Gasteiger partial charge in [-0.2, -0.15) is 4.98 Å². The van der Waals surface area contributed by atoms with E-state index in [1.165, 1.54) is 12.1 Å². The largest absolute Gasteiger partial charge is 0.493 e. The molecule has 1 aromatic heterocycles. The average Bonchev–Trinajstić information content (AvgIpc) is 3.54. The van der Waals surface area contributed by atoms with Crippen molar-refractivity contribution in [2.45, 2.75) is 31.6 Å². The zero-order valence-electron chi connectivity index (χ0n) is 19.7. The second kappa shape index (κ2) is 8.86. The molecule has 3 heterocycles. The minimum absolute atomic E-state index is 0.0650. The fourth-order valence-electron chi connectivity index (χ4n) is 5.24. The molecule has 0 aliphatic carbocycles. The van der Waals surface area contributed by atoms with Crippen LogP contribution in [0.15, 0.2) is 54.6 Å². The van der Waals surface area contributed by atoms with Crippen LogP contribution in [-0.4, -0.2) is 40.4 Å². The molecule has 36 heavy (non-hydrogen) atoms. The topological polar surface area (TPSA) is 82.8 Å². The molecule has 0 unspecified atom stereocenters. The van der Waals surface area contributed by atoms with Crippen molar-refractivity contribution in [1.82, 2.24) is 9.55 Å². The van der Waals surface area contributed by atoms with Gasteiger partial charge in [0.05, 0.1) is 43.0 Å². The Morgan fingerprint density at radius 3 is 2.81 bits per heavy atom. The summed E-state index contributed by atoms with van der Waals surface area (Å²) in [5, 5.41) is 9.15. The van der Waals surface area contributed by atoms with Crippen LogP contribution in [0.2, 0.25) is 0 Å². The van der Waals surface area contributed by atoms with E-state index in [1.54, 1.807) is 6.07 Å². The molecule has 8 heteroatoms. The first kappa shape index (κ1) is 22.4. The molecule has 2 aliphatic heterocycles. The Balaban J connectivity index is 1.33. The van der Waals surface area contributed by atoms with Crippen molar-refractivity contribution in [1.29, 1.82) is 0 Å². The lowest BCUT2D eigenvalue weighted by Gasteiger charge is -2.14. The zero-order valence-corrected chi connectivity index (χ0v) is 19.7. The number of halogens is 1. The van der Waals surface area contributed by atoms with E-state index < -0.39 is 5.97 Å². The number of hydrogen-bond donors (Lipinski definition) is 1. The SMILES string of the molecule is CCOc1nc2ccc(F)cc2n1-c1cccc2c1OC[C@H]2Cc1ccc2c(c1)OC[C@H]2CC(=O)O. The molecule has 0 radical (unpaired) electrons. The highest BCUT2D eigenvalue weighted by molar-refractivity contribution is 5.80. The van der Waals surface area contributed by atoms with Gasteiger partial charge in [-0.25, -0.2) is 4.39 Å². The number of rotatable bonds is 7. The highest BCUT2D eigenvalue weighted by Gasteiger charge is 2.31. The number of nitrogens with zero attached hydrogens (tertiary/aromatic N) is 2. The number of benzene rings is 3. The van der Waals surface area contributed by atoms with E-state index in [9.17, 15) is 9.18 Å². The summed E-state index contributed by atoms with van der Waals surface area (Å²) in [6.45, 7) is 3.22. The Morgan fingerprint density at radius 2 is 1.97 bits per heavy atom. The van der Waals surface area contributed by atoms with Crippen LogP contribution in [0.25, 0.3) is 16.7 Å². The van der Waals surface area contributed by atoms with Gasteiger partial charge in [0.1, 0.15) is 17.3 Å². The number of carboxylic acids is 1. The number of fused-ring (bicyclic) bond motifs is 3. The van der Waals surface area contributed by atoms with Gasteiger partial charge < -0.3 is 19.3 Å². The molecule has 2 aliphatic rings. The van der Waals surface area contributed by atoms with E-state index in [0.717, 1.165) is 40.3 Å². The maximum absolute atomic E-state index is 14.1. The van der Waals surface area contributed by atoms with Crippen LogP contribution in [0, 0.1) is 5.82 Å². The Bertz CT molecular complexity index is 1480. The Morgan fingerprint density at radius 1 is 1.11 bits per heavy atom. The number of hydrogen-bond acceptors (Lipinski definition) is 5. The predicted molar refractivity (Wildman–Crippen MR) is 131 cm³/mol. The number of carboxylic acid groups (broad SMARTS) is 1. The summed E-state index contributed by atoms with van der Waals surface area (Å²) in [6, 6.07) is 16.9. The number of para-hydroxylation sites is 1. The molecule has 0 amide bonds. The van der Waals surface area contributed by atoms with Crippen LogP contribution in [0.5, 0.6) is 17.5 Å². The molecule has 0 fully saturated rings. The van der Waals surface area contributed by atoms with Crippen LogP contribution in [0.1, 0.15) is 41.9 Å². The van der Waals surface area contributed by atoms with Crippen LogP contribution < -0.4 is 14.2 Å². The molecular formula is C28H25FN2O5. The normalized spacial score (nSPS) is 17.9. The van der Waals surface area contributed by atoms with Gasteiger partial charge in [-0.15, -0.1) is 0 Å². The summed E-state index contributed by atoms with van der Waals surface area (Å²) in [6.07, 6.45) is 0.809. The number of carbonyl (C=O) groups is 1. The van der Waals surface area contributed by atoms with Crippen molar-refractivity contribution in [3.05, 3.63) is 77.1 Å². The molecule has 2 atom stereocenters. The summed E-state index contributed by atoms with van der Waals surface area (Å²) in [5.41, 5.74) is 5.14. The van der Waals surface area contributed by atoms with Crippen molar-refractivity contribution in [2.75, 3.05) is 19.8 Å². The van der Waals surface area contributed by atoms with Crippen LogP contribution in [-0.2, 0) is 11.2 Å². The standard InChI is InChI=1S/C28H25FN2O5/c1-2-34-28-30-22-9-7-19(29)13-24(22)31(28)23-5-3-4-21-17(15-36-27(21)23)10-16-6-8-20-18(12-26(32)33)14-35-25(20)11-16/h3-9,11,13,17-18H,2,10,12,14-15H2,1H3,(H,32,33)/t17-,18-/m1/s1. The molecule has 0 spiro atoms. The van der Waals surface area contributed by atoms with Crippen molar-refractivity contribution < 1.29 is 28.5 Å². The Kier molecular flexibility index (Phi) is 5.51. The van der Waals surface area contributed by atoms with Gasteiger partial charge in [-0.05, 0) is 43.2 Å². The minimum atomic E-state index is -0.822. The number of aromatic nitrogens is 2. The molecule has 0 bridgehead atoms. The predicted octanol–water partition coefficient (Wildman–Crippen LogP) is 5.23. The molecule has 0 saturated carbocycles. The molecule has 0 saturated heterocycles. The Labute approximate surface area is 207 Å². The van der Waals surface area contributed by atoms with Gasteiger partial charge in [-0.1, -0.05) is 24.3 Å². The van der Waals surface area contributed by atoms with Crippen LogP contribution >= 0.6 is 0 Å². The van der Waals surface area contributed by atoms with E-state index in [-0.39, 0.29) is 24.1 Å². The van der Waals surface area contributed by atoms with Crippen molar-refractivity contribution in [3.63, 3.8) is 0 Å². The second-order valence-electron chi connectivity index (χ2n) is 9.18. The zero-order chi connectivity index (χ0) is 24.8. The van der Waals surface area contributed by atoms with Crippen molar-refractivity contribution in [2.24, 2.45) is 0 Å². The molecule has 184 valence electrons. The smallest absolute Gasteiger partial charge is 0.304 e. The summed E-state index contributed by atoms with van der Waals surface area (Å²) >= 11 is 0. The van der Waals surface area contributed by atoms with Gasteiger partial charge in [-0.3, -0.25) is 9.36 Å². The quantitative estimate of drug-likeness (QED) is 0.384. The van der Waals surface area contributed by atoms with E-state index in [1.807, 2.05) is 41.8 Å². The fourth-order valence-corrected chi connectivity index (χ4v) is 5.24. The lowest BCUT2D eigenvalue weighted by molar-refractivity contribution is -0.137. The lowest BCUT2D eigenvalue weighted by Crippen LogP contribution is -2.07. The summed E-state index contributed by atoms with van der Waals surface area (Å²) in [5.74, 6) is 0.348. The van der Waals surface area contributed by atoms with E-state index in [2.05, 4.69) is 11.1 Å². The number of imidazole rings is 1. The highest BCUT2D eigenvalue weighted by atomic mass is 19.1. The molecule has 7 nitrogen and oxygen atoms in total. The van der Waals surface area contributed by atoms with Crippen molar-refractivity contribution >= 4 is 17.0 Å². The third-order valence-corrected chi connectivity index (χ3v) is 6.85. The fraction of sp³-hybridized carbons (Fsp3) is 0.286. The average molecular weight is 489 g/mol. The van der Waals surface area contributed by atoms with Gasteiger partial charge in [0.2, 0.25) is 0 Å². The summed E-state index contributed by atoms with van der Waals surface area (Å²) < 4.78 is 33.7. The van der Waals surface area contributed by atoms with Crippen molar-refractivity contribution in [3.8, 4) is 23.2 Å². The molecule has 1 N–H and O–H groups in total. The number of ether oxygens (including phenoxy) is 3. The Hall–Kier alpha value is -4.07. The lowest BCUT2D eigenvalue weighted by atomic mass is 9.91. The van der Waals surface area contributed by atoms with Gasteiger partial charge in [0.15, 0.2) is 0 Å². The number of aliphatic carboxylic acids is 1. The van der Waals surface area contributed by atoms with Crippen LogP contribution in [0.4, 0.5) is 4.39 Å². The van der Waals surface area contributed by atoms with Gasteiger partial charge >= 0.3 is 12.0 Å². The van der Waals surface area contributed by atoms with Crippen LogP contribution in [0.3, 0.4) is 0 Å². The highest BCUT2D eigenvalue weighted by Crippen LogP contribution is 2.43. The van der Waals surface area contributed by atoms with Gasteiger partial charge in [0.25, 0.3) is 0 Å². The third-order valence-electron chi connectivity index (χ3n) is 6.85. The first-order chi connectivity index (χ1) is 17.5. The maximum Gasteiger partial charge on any atom is 0.304 e. The molecule has 3 aromatic carbocycles. The van der Waals surface area contributed by atoms with E-state index >= 15 is 0 Å². The first-order valence-corrected chi connectivity index (χ1v) is 12.1. The third kappa shape index (κ3) is 3.82. The maximum atomic E-state index is 14.1. The minimum Gasteiger partial charge on any atom is -0.493 e. The second-order valence-corrected chi connectivity index (χ2v) is 9.18. The molecule has 6 rings (SSSR count). The van der Waals surface area contributed by atoms with Gasteiger partial charge in [0, 0.05) is 29.0 Å². The molecule has 4 aromatic rings. The summed E-state index contributed by atoms with van der Waals surface area (Å²) in [7, 11) is 0. The van der Waals surface area contributed by atoms with E-state index in [0.29, 0.717) is 36.9 Å². The molecular weight excluding hydrogens is 463 g/mol. The van der Waals surface area contributed by atoms with E-state index in [4.69, 9.17) is 19.3 Å². The summed E-state index contributed by atoms with van der Waals surface area (Å²) in [4.78, 5) is 15.7.